The monoisotopic (exact) mass is 1840 g/mol. The summed E-state index contributed by atoms with van der Waals surface area (Å²) < 4.78 is 94.6. The zero-order chi connectivity index (χ0) is 96.1. The van der Waals surface area contributed by atoms with E-state index in [0.29, 0.717) is 88.1 Å². The Morgan fingerprint density at radius 1 is 0.408 bits per heavy atom. The van der Waals surface area contributed by atoms with E-state index in [9.17, 15) is 77.5 Å². The van der Waals surface area contributed by atoms with Crippen LogP contribution < -0.4 is 0 Å². The molecule has 0 spiro atoms. The predicted octanol–water partition coefficient (Wildman–Crippen LogP) is 13.2. The molecule has 34 nitrogen and oxygen atoms in total. The first kappa shape index (κ1) is 104. The standard InChI is InChI=1S/C17H21NO6.3C16H24O4.C12H20O5.C10H16O5.C9H14O5/c1-4-16(2,3)14(20)22-7-11(19)23-12-9-5-10-13(12)24-15(21)17(10,6-9)8-18;2*1-4-15(2,3)14(18)20-16-7-10-5-11(8-16)13(17)19-12(6-10)9-16;1-4-16(2,3)15(18)20-13-10-5-9-6-11(8-10)14(17)19-12(13)7-9;1-4-12(2,3)11(14)17-8-6-16-9-7(13)5-15-10(8)9;1-4-10(2,3)8(11)13-5-7-6-14-9(12)15-7;1-4-9(2,3)7(10)13-6-5-12-8(11)14-6/h9-10,12-13H,4-7H2,1-3H3;2*10-12H,4-9H2,1-3H3;9-13H,4-8H2,1-3H3;7-10,13H,4-6H2,1-3H3;7H,4-6H2,1-3H3;6H,4-5H2,1-3H3. The fraction of sp³-hybridized carbons (Fsp3) is 0.844. The van der Waals surface area contributed by atoms with E-state index >= 15 is 0 Å². The number of rotatable bonds is 24. The lowest BCUT2D eigenvalue weighted by atomic mass is 9.65. The van der Waals surface area contributed by atoms with Crippen LogP contribution in [-0.2, 0) is 143 Å². The third-order valence-electron chi connectivity index (χ3n) is 30.6. The Morgan fingerprint density at radius 2 is 0.869 bits per heavy atom. The van der Waals surface area contributed by atoms with Crippen molar-refractivity contribution in [2.75, 3.05) is 39.6 Å². The van der Waals surface area contributed by atoms with E-state index in [1.54, 1.807) is 27.7 Å². The number of nitriles is 1. The summed E-state index contributed by atoms with van der Waals surface area (Å²) in [5.41, 5.74) is -5.54. The highest BCUT2D eigenvalue weighted by atomic mass is 16.8. The maximum atomic E-state index is 12.4. The number of carbonyl (C=O) groups excluding carboxylic acids is 14. The Hall–Kier alpha value is -8.45. The van der Waals surface area contributed by atoms with Crippen LogP contribution in [0.5, 0.6) is 0 Å². The van der Waals surface area contributed by atoms with Crippen molar-refractivity contribution in [1.82, 2.24) is 0 Å². The van der Waals surface area contributed by atoms with Crippen LogP contribution in [0.25, 0.3) is 0 Å². The molecule has 24 unspecified atom stereocenters. The molecule has 8 aliphatic carbocycles. The third kappa shape index (κ3) is 24.0. The van der Waals surface area contributed by atoms with Crippen LogP contribution in [0.3, 0.4) is 0 Å². The number of carbonyl (C=O) groups is 14. The van der Waals surface area contributed by atoms with Gasteiger partial charge in [-0.3, -0.25) is 52.7 Å². The zero-order valence-electron chi connectivity index (χ0n) is 80.1. The van der Waals surface area contributed by atoms with Crippen molar-refractivity contribution >= 4 is 83.9 Å². The average Bonchev–Trinajstić information content (AvgIpc) is 1.53. The molecule has 14 bridgehead atoms. The molecule has 730 valence electrons. The van der Waals surface area contributed by atoms with Crippen molar-refractivity contribution in [1.29, 1.82) is 5.26 Å². The minimum atomic E-state index is -1.06. The normalized spacial score (nSPS) is 34.4. The molecule has 19 aliphatic rings. The van der Waals surface area contributed by atoms with Crippen molar-refractivity contribution in [2.24, 2.45) is 96.6 Å². The van der Waals surface area contributed by atoms with Gasteiger partial charge in [0, 0.05) is 43.4 Å². The van der Waals surface area contributed by atoms with Gasteiger partial charge >= 0.3 is 83.9 Å². The van der Waals surface area contributed by atoms with E-state index < -0.39 is 128 Å². The average molecular weight is 1840 g/mol. The van der Waals surface area contributed by atoms with Gasteiger partial charge in [0.15, 0.2) is 30.8 Å². The number of cyclic esters (lactones) is 4. The van der Waals surface area contributed by atoms with Crippen molar-refractivity contribution in [2.45, 2.75) is 378 Å². The second kappa shape index (κ2) is 41.2. The second-order valence-corrected chi connectivity index (χ2v) is 43.1. The van der Waals surface area contributed by atoms with Crippen LogP contribution >= 0.6 is 0 Å². The van der Waals surface area contributed by atoms with Gasteiger partial charge in [0.2, 0.25) is 0 Å². The molecule has 19 fully saturated rings. The van der Waals surface area contributed by atoms with E-state index in [1.165, 1.54) is 0 Å². The maximum Gasteiger partial charge on any atom is 0.511 e. The van der Waals surface area contributed by atoms with Crippen molar-refractivity contribution in [3.8, 4) is 6.07 Å². The topological polar surface area (TPSA) is 449 Å². The van der Waals surface area contributed by atoms with Gasteiger partial charge in [0.05, 0.1) is 74.9 Å². The predicted molar refractivity (Wildman–Crippen MR) is 455 cm³/mol. The van der Waals surface area contributed by atoms with Crippen LogP contribution in [0.4, 0.5) is 9.59 Å². The molecule has 0 aromatic carbocycles. The van der Waals surface area contributed by atoms with Crippen molar-refractivity contribution in [3.05, 3.63) is 0 Å². The highest BCUT2D eigenvalue weighted by Gasteiger charge is 2.72. The molecule has 130 heavy (non-hydrogen) atoms. The number of ether oxygens (including phenoxy) is 18. The second-order valence-electron chi connectivity index (χ2n) is 43.1. The summed E-state index contributed by atoms with van der Waals surface area (Å²) in [4.78, 5) is 165. The quantitative estimate of drug-likeness (QED) is 0.0692. The van der Waals surface area contributed by atoms with Gasteiger partial charge in [-0.2, -0.15) is 5.26 Å². The minimum absolute atomic E-state index is 0.0234. The summed E-state index contributed by atoms with van der Waals surface area (Å²) in [6, 6.07) is 2.10. The lowest BCUT2D eigenvalue weighted by molar-refractivity contribution is -0.185. The molecule has 0 amide bonds. The van der Waals surface area contributed by atoms with E-state index in [0.717, 1.165) is 89.9 Å². The molecule has 0 aromatic heterocycles. The number of hydrogen-bond acceptors (Lipinski definition) is 34. The molecule has 0 aromatic rings. The Morgan fingerprint density at radius 3 is 1.36 bits per heavy atom. The van der Waals surface area contributed by atoms with Crippen molar-refractivity contribution in [3.63, 3.8) is 0 Å². The summed E-state index contributed by atoms with van der Waals surface area (Å²) in [5.74, 6) is -1.72. The van der Waals surface area contributed by atoms with Crippen LogP contribution in [-0.4, -0.2) is 213 Å². The SMILES string of the molecule is CCC(C)(C)C(=O)OC12CC3CC(C1)OC(=O)C(C3)C2.CCC(C)(C)C(=O)OC12CC3CC(C1)OC(=O)C(C3)C2.CCC(C)(C)C(=O)OC1C2CC3CC(C2)C(=O)OC1C3.CCC(C)(C)C(=O)OC1COC(=O)O1.CCC(C)(C)C(=O)OC1COC2C(O)COC12.CCC(C)(C)C(=O)OCC(=O)OC1C2CC3C1OC(=O)C3(C#N)C2.CCC(C)(C)C(=O)OCC1COC(=O)O1. The number of nitrogens with zero attached hydrogens (tertiary/aromatic N) is 1. The first-order valence-electron chi connectivity index (χ1n) is 47.1. The summed E-state index contributed by atoms with van der Waals surface area (Å²) in [5, 5.41) is 18.9. The van der Waals surface area contributed by atoms with E-state index in [1.807, 2.05) is 118 Å². The van der Waals surface area contributed by atoms with Gasteiger partial charge in [-0.15, -0.1) is 0 Å². The van der Waals surface area contributed by atoms with Gasteiger partial charge in [0.1, 0.15) is 79.4 Å². The smallest absolute Gasteiger partial charge is 0.462 e. The Bertz CT molecular complexity index is 4110. The summed E-state index contributed by atoms with van der Waals surface area (Å²) in [6.45, 7) is 39.8. The molecule has 34 heteroatoms. The van der Waals surface area contributed by atoms with Gasteiger partial charge < -0.3 is 90.4 Å². The van der Waals surface area contributed by atoms with Crippen LogP contribution in [0.1, 0.15) is 293 Å². The first-order chi connectivity index (χ1) is 60.7. The fourth-order valence-electron chi connectivity index (χ4n) is 19.5. The molecule has 11 saturated heterocycles. The van der Waals surface area contributed by atoms with E-state index in [2.05, 4.69) is 20.3 Å². The number of fused-ring (bicyclic) bond motifs is 5. The van der Waals surface area contributed by atoms with Crippen LogP contribution in [0.2, 0.25) is 0 Å². The zero-order valence-corrected chi connectivity index (χ0v) is 80.1. The summed E-state index contributed by atoms with van der Waals surface area (Å²) in [7, 11) is 0. The lowest BCUT2D eigenvalue weighted by Crippen LogP contribution is -2.49. The van der Waals surface area contributed by atoms with Gasteiger partial charge in [-0.05, 0) is 237 Å². The fourth-order valence-corrected chi connectivity index (χ4v) is 19.5. The molecule has 11 heterocycles. The third-order valence-corrected chi connectivity index (χ3v) is 30.6. The molecule has 8 saturated carbocycles. The van der Waals surface area contributed by atoms with Gasteiger partial charge in [-0.25, -0.2) is 14.4 Å². The molecule has 1 N–H and O–H groups in total. The number of esters is 12. The number of aliphatic hydroxyl groups is 1. The van der Waals surface area contributed by atoms with E-state index in [4.69, 9.17) is 71.1 Å². The van der Waals surface area contributed by atoms with Crippen LogP contribution in [0.15, 0.2) is 0 Å². The van der Waals surface area contributed by atoms with Gasteiger partial charge in [0.25, 0.3) is 6.29 Å². The largest absolute Gasteiger partial charge is 0.511 e. The minimum Gasteiger partial charge on any atom is -0.462 e. The Kier molecular flexibility index (Phi) is 32.8. The van der Waals surface area contributed by atoms with Crippen molar-refractivity contribution < 1.29 is 157 Å². The van der Waals surface area contributed by atoms with E-state index in [-0.39, 0.29) is 146 Å². The summed E-state index contributed by atoms with van der Waals surface area (Å²) in [6.07, 6.45) is 11.7. The van der Waals surface area contributed by atoms with Crippen LogP contribution in [0, 0.1) is 108 Å². The Balaban J connectivity index is 0.000000159. The van der Waals surface area contributed by atoms with Gasteiger partial charge in [-0.1, -0.05) is 48.5 Å². The molecule has 19 rings (SSSR count). The molecule has 0 radical (unpaired) electrons. The summed E-state index contributed by atoms with van der Waals surface area (Å²) >= 11 is 0. The molecular formula is C96H143NO33. The number of hydrogen-bond donors (Lipinski definition) is 1. The highest BCUT2D eigenvalue weighted by molar-refractivity contribution is 5.85. The lowest BCUT2D eigenvalue weighted by Gasteiger charge is -2.46. The molecule has 24 atom stereocenters. The molecular weight excluding hydrogens is 1700 g/mol. The maximum absolute atomic E-state index is 12.4. The number of aliphatic hydroxyl groups excluding tert-OH is 1. The molecule has 11 aliphatic heterocycles. The first-order valence-corrected chi connectivity index (χ1v) is 47.1. The highest BCUT2D eigenvalue weighted by Crippen LogP contribution is 2.63. The Labute approximate surface area is 763 Å².